The molecule has 0 aromatic carbocycles. The highest BCUT2D eigenvalue weighted by Crippen LogP contribution is 2.39. The first kappa shape index (κ1) is 22.3. The first-order valence-electron chi connectivity index (χ1n) is 8.36. The summed E-state index contributed by atoms with van der Waals surface area (Å²) in [6.07, 6.45) is 9.13. The van der Waals surface area contributed by atoms with Gasteiger partial charge in [0.2, 0.25) is 6.29 Å². The van der Waals surface area contributed by atoms with Gasteiger partial charge in [-0.25, -0.2) is 13.9 Å². The highest BCUT2D eigenvalue weighted by molar-refractivity contribution is 7.46. The Hall–Kier alpha value is -0.680. The van der Waals surface area contributed by atoms with Crippen molar-refractivity contribution in [2.75, 3.05) is 0 Å². The molecule has 0 heterocycles. The summed E-state index contributed by atoms with van der Waals surface area (Å²) in [5.41, 5.74) is 0.163. The molecule has 7 heteroatoms. The number of esters is 1. The summed E-state index contributed by atoms with van der Waals surface area (Å²) in [6.45, 7) is 7.09. The van der Waals surface area contributed by atoms with Crippen molar-refractivity contribution in [2.45, 2.75) is 84.3 Å². The Kier molecular flexibility index (Phi) is 12.3. The standard InChI is InChI=1S/C16H31O6P/c1-4-5-6-7-8-9-10-11-12-13-15(22-23(18,19)20)21-16(17)14(2)3/h15H,2,4-13H2,1,3H3,(H2,18,19,20). The molecule has 0 amide bonds. The molecule has 0 saturated carbocycles. The van der Waals surface area contributed by atoms with E-state index in [1.54, 1.807) is 0 Å². The molecule has 0 aromatic rings. The van der Waals surface area contributed by atoms with Crippen LogP contribution in [0, 0.1) is 0 Å². The fourth-order valence-electron chi connectivity index (χ4n) is 2.13. The highest BCUT2D eigenvalue weighted by atomic mass is 31.2. The second-order valence-corrected chi connectivity index (χ2v) is 7.02. The number of phosphoric ester groups is 1. The van der Waals surface area contributed by atoms with Crippen LogP contribution in [0.15, 0.2) is 12.2 Å². The van der Waals surface area contributed by atoms with Crippen LogP contribution < -0.4 is 0 Å². The molecule has 136 valence electrons. The minimum absolute atomic E-state index is 0.163. The molecule has 1 atom stereocenters. The van der Waals surface area contributed by atoms with Crippen LogP contribution in [0.25, 0.3) is 0 Å². The van der Waals surface area contributed by atoms with Crippen molar-refractivity contribution in [1.29, 1.82) is 0 Å². The molecule has 6 nitrogen and oxygen atoms in total. The van der Waals surface area contributed by atoms with Crippen LogP contribution in [0.1, 0.15) is 78.1 Å². The first-order chi connectivity index (χ1) is 10.8. The molecule has 0 fully saturated rings. The minimum atomic E-state index is -4.69. The predicted octanol–water partition coefficient (Wildman–Crippen LogP) is 4.46. The first-order valence-corrected chi connectivity index (χ1v) is 9.89. The van der Waals surface area contributed by atoms with E-state index in [1.807, 2.05) is 0 Å². The average Bonchev–Trinajstić information content (AvgIpc) is 2.43. The Balaban J connectivity index is 3.94. The van der Waals surface area contributed by atoms with E-state index >= 15 is 0 Å². The summed E-state index contributed by atoms with van der Waals surface area (Å²) in [4.78, 5) is 29.2. The summed E-state index contributed by atoms with van der Waals surface area (Å²) in [5, 5.41) is 0. The van der Waals surface area contributed by atoms with Crippen LogP contribution in [0.2, 0.25) is 0 Å². The molecule has 0 bridgehead atoms. The Bertz CT molecular complexity index is 390. The Morgan fingerprint density at radius 3 is 1.96 bits per heavy atom. The van der Waals surface area contributed by atoms with Crippen LogP contribution in [0.3, 0.4) is 0 Å². The van der Waals surface area contributed by atoms with Crippen molar-refractivity contribution in [3.63, 3.8) is 0 Å². The zero-order chi connectivity index (χ0) is 17.7. The number of hydrogen-bond donors (Lipinski definition) is 2. The van der Waals surface area contributed by atoms with Gasteiger partial charge in [0.05, 0.1) is 0 Å². The predicted molar refractivity (Wildman–Crippen MR) is 89.7 cm³/mol. The molecular weight excluding hydrogens is 319 g/mol. The van der Waals surface area contributed by atoms with Crippen molar-refractivity contribution in [1.82, 2.24) is 0 Å². The van der Waals surface area contributed by atoms with Crippen LogP contribution >= 0.6 is 7.82 Å². The molecule has 23 heavy (non-hydrogen) atoms. The SMILES string of the molecule is C=C(C)C(=O)OC(CCCCCCCCCCC)OP(=O)(O)O. The zero-order valence-corrected chi connectivity index (χ0v) is 15.2. The van der Waals surface area contributed by atoms with E-state index in [0.717, 1.165) is 19.3 Å². The number of carbonyl (C=O) groups excluding carboxylic acids is 1. The summed E-state index contributed by atoms with van der Waals surface area (Å²) >= 11 is 0. The molecule has 2 N–H and O–H groups in total. The minimum Gasteiger partial charge on any atom is -0.432 e. The molecule has 0 aromatic heterocycles. The third-order valence-electron chi connectivity index (χ3n) is 3.39. The highest BCUT2D eigenvalue weighted by Gasteiger charge is 2.25. The van der Waals surface area contributed by atoms with Crippen LogP contribution in [-0.2, 0) is 18.6 Å². The topological polar surface area (TPSA) is 93.1 Å². The number of unbranched alkanes of at least 4 members (excludes halogenated alkanes) is 8. The van der Waals surface area contributed by atoms with E-state index in [-0.39, 0.29) is 12.0 Å². The second kappa shape index (κ2) is 12.7. The molecule has 0 spiro atoms. The molecule has 0 rings (SSSR count). The molecule has 0 aliphatic heterocycles. The van der Waals surface area contributed by atoms with E-state index in [2.05, 4.69) is 18.0 Å². The van der Waals surface area contributed by atoms with Gasteiger partial charge < -0.3 is 14.5 Å². The summed E-state index contributed by atoms with van der Waals surface area (Å²) in [6, 6.07) is 0. The van der Waals surface area contributed by atoms with Gasteiger partial charge in [0, 0.05) is 12.0 Å². The second-order valence-electron chi connectivity index (χ2n) is 5.83. The van der Waals surface area contributed by atoms with E-state index in [4.69, 9.17) is 14.5 Å². The van der Waals surface area contributed by atoms with Gasteiger partial charge in [-0.1, -0.05) is 64.9 Å². The number of carbonyl (C=O) groups is 1. The maximum Gasteiger partial charge on any atom is 0.472 e. The zero-order valence-electron chi connectivity index (χ0n) is 14.3. The smallest absolute Gasteiger partial charge is 0.432 e. The summed E-state index contributed by atoms with van der Waals surface area (Å²) < 4.78 is 20.3. The van der Waals surface area contributed by atoms with Gasteiger partial charge in [0.1, 0.15) is 0 Å². The van der Waals surface area contributed by atoms with Gasteiger partial charge in [-0.2, -0.15) is 0 Å². The molecule has 0 aliphatic rings. The van der Waals surface area contributed by atoms with Crippen LogP contribution in [-0.4, -0.2) is 22.0 Å². The van der Waals surface area contributed by atoms with E-state index in [1.165, 1.54) is 39.0 Å². The van der Waals surface area contributed by atoms with Crippen molar-refractivity contribution < 1.29 is 28.4 Å². The molecule has 0 aliphatic carbocycles. The molecule has 0 radical (unpaired) electrons. The lowest BCUT2D eigenvalue weighted by molar-refractivity contribution is -0.161. The lowest BCUT2D eigenvalue weighted by atomic mass is 10.1. The number of ether oxygens (including phenoxy) is 1. The number of rotatable bonds is 14. The van der Waals surface area contributed by atoms with E-state index in [0.29, 0.717) is 6.42 Å². The third kappa shape index (κ3) is 14.6. The fourth-order valence-corrected chi connectivity index (χ4v) is 2.58. The third-order valence-corrected chi connectivity index (χ3v) is 3.89. The lowest BCUT2D eigenvalue weighted by Gasteiger charge is -2.18. The van der Waals surface area contributed by atoms with E-state index < -0.39 is 20.1 Å². The fraction of sp³-hybridized carbons (Fsp3) is 0.812. The van der Waals surface area contributed by atoms with E-state index in [9.17, 15) is 9.36 Å². The summed E-state index contributed by atoms with van der Waals surface area (Å²) in [7, 11) is -4.69. The Morgan fingerprint density at radius 2 is 1.52 bits per heavy atom. The van der Waals surface area contributed by atoms with Crippen molar-refractivity contribution >= 4 is 13.8 Å². The van der Waals surface area contributed by atoms with Crippen molar-refractivity contribution in [3.05, 3.63) is 12.2 Å². The molecular formula is C16H31O6P. The van der Waals surface area contributed by atoms with Gasteiger partial charge >= 0.3 is 13.8 Å². The van der Waals surface area contributed by atoms with Crippen molar-refractivity contribution in [2.24, 2.45) is 0 Å². The number of phosphoric acid groups is 1. The lowest BCUT2D eigenvalue weighted by Crippen LogP contribution is -2.21. The maximum absolute atomic E-state index is 11.4. The monoisotopic (exact) mass is 350 g/mol. The molecule has 1 unspecified atom stereocenters. The van der Waals surface area contributed by atoms with Crippen LogP contribution in [0.5, 0.6) is 0 Å². The normalized spacial score (nSPS) is 12.9. The quantitative estimate of drug-likeness (QED) is 0.158. The largest absolute Gasteiger partial charge is 0.472 e. The van der Waals surface area contributed by atoms with Crippen molar-refractivity contribution in [3.8, 4) is 0 Å². The number of hydrogen-bond acceptors (Lipinski definition) is 4. The molecule has 0 saturated heterocycles. The van der Waals surface area contributed by atoms with Gasteiger partial charge in [-0.05, 0) is 13.3 Å². The summed E-state index contributed by atoms with van der Waals surface area (Å²) in [5.74, 6) is -0.709. The Morgan fingerprint density at radius 1 is 1.04 bits per heavy atom. The van der Waals surface area contributed by atoms with Gasteiger partial charge in [0.15, 0.2) is 0 Å². The van der Waals surface area contributed by atoms with Gasteiger partial charge in [-0.15, -0.1) is 0 Å². The van der Waals surface area contributed by atoms with Crippen LogP contribution in [0.4, 0.5) is 0 Å². The van der Waals surface area contributed by atoms with Gasteiger partial charge in [0.25, 0.3) is 0 Å². The maximum atomic E-state index is 11.4. The Labute approximate surface area is 139 Å². The van der Waals surface area contributed by atoms with Gasteiger partial charge in [-0.3, -0.25) is 0 Å². The average molecular weight is 350 g/mol.